The fourth-order valence-electron chi connectivity index (χ4n) is 2.13. The maximum Gasteiger partial charge on any atom is 0.247 e. The van der Waals surface area contributed by atoms with E-state index in [2.05, 4.69) is 20.8 Å². The van der Waals surface area contributed by atoms with Crippen LogP contribution in [0, 0.1) is 6.92 Å². The van der Waals surface area contributed by atoms with Crippen molar-refractivity contribution < 1.29 is 9.21 Å². The molecule has 2 N–H and O–H groups in total. The molecule has 0 aliphatic heterocycles. The number of nitrogens with one attached hydrogen (secondary N) is 2. The van der Waals surface area contributed by atoms with Gasteiger partial charge in [-0.25, -0.2) is 0 Å². The molecule has 1 aliphatic rings. The van der Waals surface area contributed by atoms with Gasteiger partial charge in [0.05, 0.1) is 0 Å². The molecule has 1 aromatic heterocycles. The van der Waals surface area contributed by atoms with E-state index in [9.17, 15) is 4.79 Å². The molecule has 6 heteroatoms. The van der Waals surface area contributed by atoms with Gasteiger partial charge in [0.1, 0.15) is 0 Å². The average molecular weight is 286 g/mol. The largest absolute Gasteiger partial charge is 0.423 e. The van der Waals surface area contributed by atoms with Gasteiger partial charge in [0.25, 0.3) is 0 Å². The minimum atomic E-state index is 0.0248. The minimum Gasteiger partial charge on any atom is -0.423 e. The van der Waals surface area contributed by atoms with Crippen LogP contribution in [0.5, 0.6) is 0 Å². The molecule has 1 amide bonds. The van der Waals surface area contributed by atoms with Crippen LogP contribution in [0.1, 0.15) is 24.8 Å². The quantitative estimate of drug-likeness (QED) is 0.850. The highest BCUT2D eigenvalue weighted by molar-refractivity contribution is 5.91. The Hall–Kier alpha value is -2.21. The lowest BCUT2D eigenvalue weighted by molar-refractivity contribution is -0.116. The first-order valence-electron chi connectivity index (χ1n) is 7.13. The van der Waals surface area contributed by atoms with Gasteiger partial charge < -0.3 is 15.1 Å². The summed E-state index contributed by atoms with van der Waals surface area (Å²) in [6.45, 7) is 2.67. The van der Waals surface area contributed by atoms with E-state index >= 15 is 0 Å². The summed E-state index contributed by atoms with van der Waals surface area (Å²) in [5.74, 6) is 0.501. The van der Waals surface area contributed by atoms with Crippen LogP contribution in [0.2, 0.25) is 0 Å². The van der Waals surface area contributed by atoms with Gasteiger partial charge in [-0.1, -0.05) is 0 Å². The Kier molecular flexibility index (Phi) is 3.96. The predicted octanol–water partition coefficient (Wildman–Crippen LogP) is 2.13. The van der Waals surface area contributed by atoms with Crippen LogP contribution in [0.4, 0.5) is 5.69 Å². The highest BCUT2D eigenvalue weighted by Crippen LogP contribution is 2.23. The Bertz CT molecular complexity index is 621. The molecule has 0 spiro atoms. The van der Waals surface area contributed by atoms with E-state index in [0.29, 0.717) is 18.4 Å². The first-order valence-corrected chi connectivity index (χ1v) is 7.13. The number of rotatable bonds is 6. The number of benzene rings is 1. The van der Waals surface area contributed by atoms with Crippen molar-refractivity contribution in [1.82, 2.24) is 15.5 Å². The molecule has 6 nitrogen and oxygen atoms in total. The zero-order chi connectivity index (χ0) is 14.7. The Labute approximate surface area is 123 Å². The van der Waals surface area contributed by atoms with Gasteiger partial charge in [0, 0.05) is 30.3 Å². The zero-order valence-corrected chi connectivity index (χ0v) is 11.9. The summed E-state index contributed by atoms with van der Waals surface area (Å²) in [5.41, 5.74) is 2.63. The van der Waals surface area contributed by atoms with E-state index in [4.69, 9.17) is 4.42 Å². The molecule has 21 heavy (non-hydrogen) atoms. The Balaban J connectivity index is 1.58. The van der Waals surface area contributed by atoms with Gasteiger partial charge in [-0.15, -0.1) is 10.2 Å². The Morgan fingerprint density at radius 3 is 2.95 bits per heavy atom. The number of anilines is 1. The predicted molar refractivity (Wildman–Crippen MR) is 78.7 cm³/mol. The SMILES string of the molecule is Cc1cc(-c2nnco2)ccc1NC(=O)CCNC1CC1. The second-order valence-electron chi connectivity index (χ2n) is 5.30. The molecule has 0 atom stereocenters. The summed E-state index contributed by atoms with van der Waals surface area (Å²) in [4.78, 5) is 11.9. The van der Waals surface area contributed by atoms with Crippen molar-refractivity contribution in [1.29, 1.82) is 0 Å². The standard InChI is InChI=1S/C15H18N4O2/c1-10-8-11(15-19-17-9-21-15)2-5-13(10)18-14(20)6-7-16-12-3-4-12/h2,5,8-9,12,16H,3-4,6-7H2,1H3,(H,18,20). The molecule has 1 aromatic carbocycles. The van der Waals surface area contributed by atoms with Crippen LogP contribution in [-0.2, 0) is 4.79 Å². The van der Waals surface area contributed by atoms with Crippen LogP contribution >= 0.6 is 0 Å². The van der Waals surface area contributed by atoms with Crippen molar-refractivity contribution in [2.24, 2.45) is 0 Å². The fraction of sp³-hybridized carbons (Fsp3) is 0.400. The van der Waals surface area contributed by atoms with E-state index in [1.807, 2.05) is 25.1 Å². The number of carbonyl (C=O) groups is 1. The molecule has 1 saturated carbocycles. The minimum absolute atomic E-state index is 0.0248. The van der Waals surface area contributed by atoms with Gasteiger partial charge in [-0.3, -0.25) is 4.79 Å². The van der Waals surface area contributed by atoms with Crippen LogP contribution in [0.25, 0.3) is 11.5 Å². The Morgan fingerprint density at radius 2 is 2.29 bits per heavy atom. The normalized spacial score (nSPS) is 14.1. The monoisotopic (exact) mass is 286 g/mol. The van der Waals surface area contributed by atoms with E-state index in [1.54, 1.807) is 0 Å². The summed E-state index contributed by atoms with van der Waals surface area (Å²) in [5, 5.41) is 13.8. The van der Waals surface area contributed by atoms with Crippen LogP contribution in [-0.4, -0.2) is 28.7 Å². The molecular weight excluding hydrogens is 268 g/mol. The smallest absolute Gasteiger partial charge is 0.247 e. The summed E-state index contributed by atoms with van der Waals surface area (Å²) in [6, 6.07) is 6.28. The van der Waals surface area contributed by atoms with Crippen molar-refractivity contribution in [2.75, 3.05) is 11.9 Å². The fourth-order valence-corrected chi connectivity index (χ4v) is 2.13. The number of hydrogen-bond donors (Lipinski definition) is 2. The average Bonchev–Trinajstić information content (AvgIpc) is 3.12. The first kappa shape index (κ1) is 13.8. The molecule has 0 radical (unpaired) electrons. The van der Waals surface area contributed by atoms with Crippen molar-refractivity contribution in [3.63, 3.8) is 0 Å². The van der Waals surface area contributed by atoms with Gasteiger partial charge in [-0.2, -0.15) is 0 Å². The van der Waals surface area contributed by atoms with Crippen LogP contribution in [0.15, 0.2) is 29.0 Å². The van der Waals surface area contributed by atoms with Crippen molar-refractivity contribution in [3.8, 4) is 11.5 Å². The van der Waals surface area contributed by atoms with Gasteiger partial charge in [-0.05, 0) is 43.5 Å². The second kappa shape index (κ2) is 6.05. The van der Waals surface area contributed by atoms with E-state index in [1.165, 1.54) is 19.2 Å². The molecule has 1 fully saturated rings. The number of aryl methyl sites for hydroxylation is 1. The number of carbonyl (C=O) groups excluding carboxylic acids is 1. The number of aromatic nitrogens is 2. The maximum atomic E-state index is 11.9. The topological polar surface area (TPSA) is 80.1 Å². The lowest BCUT2D eigenvalue weighted by atomic mass is 10.1. The molecule has 1 aliphatic carbocycles. The third kappa shape index (κ3) is 3.66. The van der Waals surface area contributed by atoms with Crippen LogP contribution < -0.4 is 10.6 Å². The zero-order valence-electron chi connectivity index (χ0n) is 11.9. The maximum absolute atomic E-state index is 11.9. The van der Waals surface area contributed by atoms with E-state index in [0.717, 1.165) is 23.4 Å². The summed E-state index contributed by atoms with van der Waals surface area (Å²) in [7, 11) is 0. The Morgan fingerprint density at radius 1 is 1.43 bits per heavy atom. The third-order valence-electron chi connectivity index (χ3n) is 3.47. The third-order valence-corrected chi connectivity index (χ3v) is 3.47. The molecule has 2 aromatic rings. The van der Waals surface area contributed by atoms with E-state index in [-0.39, 0.29) is 5.91 Å². The lowest BCUT2D eigenvalue weighted by Crippen LogP contribution is -2.23. The molecule has 3 rings (SSSR count). The number of nitrogens with zero attached hydrogens (tertiary/aromatic N) is 2. The lowest BCUT2D eigenvalue weighted by Gasteiger charge is -2.09. The molecule has 0 unspecified atom stereocenters. The molecule has 0 bridgehead atoms. The van der Waals surface area contributed by atoms with E-state index < -0.39 is 0 Å². The molecule has 0 saturated heterocycles. The summed E-state index contributed by atoms with van der Waals surface area (Å²) in [6.07, 6.45) is 4.25. The van der Waals surface area contributed by atoms with Crippen molar-refractivity contribution in [2.45, 2.75) is 32.2 Å². The van der Waals surface area contributed by atoms with Gasteiger partial charge in [0.15, 0.2) is 0 Å². The second-order valence-corrected chi connectivity index (χ2v) is 5.30. The summed E-state index contributed by atoms with van der Waals surface area (Å²) >= 11 is 0. The molecular formula is C15H18N4O2. The van der Waals surface area contributed by atoms with Gasteiger partial charge >= 0.3 is 0 Å². The number of amides is 1. The van der Waals surface area contributed by atoms with Crippen molar-refractivity contribution in [3.05, 3.63) is 30.2 Å². The van der Waals surface area contributed by atoms with Crippen LogP contribution in [0.3, 0.4) is 0 Å². The highest BCUT2D eigenvalue weighted by Gasteiger charge is 2.20. The number of hydrogen-bond acceptors (Lipinski definition) is 5. The molecule has 1 heterocycles. The highest BCUT2D eigenvalue weighted by atomic mass is 16.4. The molecule has 110 valence electrons. The first-order chi connectivity index (χ1) is 10.2. The summed E-state index contributed by atoms with van der Waals surface area (Å²) < 4.78 is 5.16. The van der Waals surface area contributed by atoms with Gasteiger partial charge in [0.2, 0.25) is 18.2 Å². The van der Waals surface area contributed by atoms with Crippen molar-refractivity contribution >= 4 is 11.6 Å².